The van der Waals surface area contributed by atoms with Gasteiger partial charge < -0.3 is 24.0 Å². The summed E-state index contributed by atoms with van der Waals surface area (Å²) in [5.74, 6) is -0.308. The molecule has 8 heteroatoms. The van der Waals surface area contributed by atoms with Crippen LogP contribution in [0.25, 0.3) is 11.3 Å². The summed E-state index contributed by atoms with van der Waals surface area (Å²) in [5.41, 5.74) is 2.47. The zero-order valence-corrected chi connectivity index (χ0v) is 20.9. The molecule has 6 rings (SSSR count). The molecule has 1 spiro atoms. The summed E-state index contributed by atoms with van der Waals surface area (Å²) in [4.78, 5) is 26.7. The molecule has 1 saturated carbocycles. The Morgan fingerprint density at radius 3 is 2.71 bits per heavy atom. The summed E-state index contributed by atoms with van der Waals surface area (Å²) in [7, 11) is 0. The Morgan fingerprint density at radius 2 is 2.03 bits per heavy atom. The Kier molecular flexibility index (Phi) is 5.33. The van der Waals surface area contributed by atoms with E-state index >= 15 is 0 Å². The van der Waals surface area contributed by atoms with Gasteiger partial charge in [-0.15, -0.1) is 0 Å². The van der Waals surface area contributed by atoms with Crippen molar-refractivity contribution in [1.29, 1.82) is 0 Å². The number of ether oxygens (including phenoxy) is 2. The lowest BCUT2D eigenvalue weighted by Gasteiger charge is -2.55. The fourth-order valence-electron chi connectivity index (χ4n) is 6.74. The molecule has 1 aromatic heterocycles. The van der Waals surface area contributed by atoms with E-state index in [1.54, 1.807) is 0 Å². The van der Waals surface area contributed by atoms with E-state index < -0.39 is 11.4 Å². The largest absolute Gasteiger partial charge is 0.492 e. The third-order valence-electron chi connectivity index (χ3n) is 8.48. The number of aromatic carboxylic acids is 1. The van der Waals surface area contributed by atoms with E-state index in [-0.39, 0.29) is 22.9 Å². The predicted molar refractivity (Wildman–Crippen MR) is 133 cm³/mol. The molecule has 0 bridgehead atoms. The number of rotatable bonds is 6. The molecule has 1 aliphatic carbocycles. The van der Waals surface area contributed by atoms with Crippen LogP contribution < -0.4 is 10.2 Å². The molecule has 35 heavy (non-hydrogen) atoms. The average molecular weight is 499 g/mol. The molecule has 0 unspecified atom stereocenters. The fraction of sp³-hybridized carbons (Fsp3) is 0.556. The maximum absolute atomic E-state index is 12.6. The Bertz CT molecular complexity index is 1260. The molecular formula is C27H31ClN2O5. The van der Waals surface area contributed by atoms with Gasteiger partial charge >= 0.3 is 5.97 Å². The van der Waals surface area contributed by atoms with Crippen LogP contribution in [-0.4, -0.2) is 60.0 Å². The Balaban J connectivity index is 1.26. The highest BCUT2D eigenvalue weighted by Gasteiger charge is 2.49. The van der Waals surface area contributed by atoms with Gasteiger partial charge in [-0.05, 0) is 42.4 Å². The number of likely N-dealkylation sites (tertiary alicyclic amines) is 1. The molecule has 4 heterocycles. The van der Waals surface area contributed by atoms with Gasteiger partial charge in [-0.1, -0.05) is 25.4 Å². The van der Waals surface area contributed by atoms with Crippen molar-refractivity contribution in [3.63, 3.8) is 0 Å². The van der Waals surface area contributed by atoms with Crippen LogP contribution in [-0.2, 0) is 4.74 Å². The average Bonchev–Trinajstić information content (AvgIpc) is 3.06. The standard InChI is InChI=1S/C27H31ClN2O5/c1-26(2)5-4-16-17-9-23(35-7-3-6-29-12-27(13-29)14-34-15-27)20(28)8-18(17)21-10-22(31)19(25(32)33)11-30(21)24(16)26/h8-11,16,24H,3-7,12-15H2,1-2H3,(H,32,33)/t16-,24+/m1/s1. The van der Waals surface area contributed by atoms with Crippen LogP contribution in [0.1, 0.15) is 61.0 Å². The second-order valence-corrected chi connectivity index (χ2v) is 11.9. The number of fused-ring (bicyclic) bond motifs is 6. The predicted octanol–water partition coefficient (Wildman–Crippen LogP) is 4.43. The molecular weight excluding hydrogens is 468 g/mol. The van der Waals surface area contributed by atoms with Crippen LogP contribution >= 0.6 is 11.6 Å². The molecule has 2 aromatic rings. The summed E-state index contributed by atoms with van der Waals surface area (Å²) in [6.45, 7) is 10.1. The lowest BCUT2D eigenvalue weighted by molar-refractivity contribution is -0.189. The van der Waals surface area contributed by atoms with Gasteiger partial charge in [0.05, 0.1) is 30.5 Å². The highest BCUT2D eigenvalue weighted by Crippen LogP contribution is 2.59. The van der Waals surface area contributed by atoms with E-state index in [0.29, 0.717) is 22.8 Å². The van der Waals surface area contributed by atoms with E-state index in [2.05, 4.69) is 24.8 Å². The van der Waals surface area contributed by atoms with Crippen LogP contribution in [0.3, 0.4) is 0 Å². The minimum absolute atomic E-state index is 0.0390. The molecule has 0 radical (unpaired) electrons. The third kappa shape index (κ3) is 3.71. The number of benzene rings is 1. The van der Waals surface area contributed by atoms with E-state index in [1.165, 1.54) is 12.3 Å². The van der Waals surface area contributed by atoms with Crippen molar-refractivity contribution in [2.45, 2.75) is 45.1 Å². The number of carboxylic acids is 1. The Hall–Kier alpha value is -2.35. The zero-order valence-electron chi connectivity index (χ0n) is 20.2. The van der Waals surface area contributed by atoms with Gasteiger partial charge in [0, 0.05) is 54.8 Å². The van der Waals surface area contributed by atoms with E-state index in [0.717, 1.165) is 68.9 Å². The van der Waals surface area contributed by atoms with Crippen molar-refractivity contribution >= 4 is 17.6 Å². The summed E-state index contributed by atoms with van der Waals surface area (Å²) < 4.78 is 13.5. The van der Waals surface area contributed by atoms with Gasteiger partial charge in [0.25, 0.3) is 0 Å². The van der Waals surface area contributed by atoms with E-state index in [1.807, 2.05) is 10.6 Å². The molecule has 1 N–H and O–H groups in total. The second-order valence-electron chi connectivity index (χ2n) is 11.5. The van der Waals surface area contributed by atoms with Gasteiger partial charge in [0.1, 0.15) is 11.3 Å². The number of pyridine rings is 1. The van der Waals surface area contributed by atoms with Crippen LogP contribution in [0.5, 0.6) is 5.75 Å². The van der Waals surface area contributed by atoms with Crippen molar-refractivity contribution in [2.24, 2.45) is 10.8 Å². The van der Waals surface area contributed by atoms with Crippen LogP contribution in [0.15, 0.2) is 29.2 Å². The minimum atomic E-state index is -1.19. The number of carbonyl (C=O) groups is 1. The molecule has 1 aromatic carbocycles. The lowest BCUT2D eigenvalue weighted by atomic mass is 9.77. The first kappa shape index (κ1) is 23.1. The molecule has 7 nitrogen and oxygen atoms in total. The second kappa shape index (κ2) is 8.08. The van der Waals surface area contributed by atoms with Gasteiger partial charge in [-0.3, -0.25) is 4.79 Å². The summed E-state index contributed by atoms with van der Waals surface area (Å²) in [6.07, 6.45) is 4.46. The number of aromatic nitrogens is 1. The van der Waals surface area contributed by atoms with Gasteiger partial charge in [0.15, 0.2) is 5.43 Å². The van der Waals surface area contributed by atoms with Gasteiger partial charge in [-0.25, -0.2) is 4.79 Å². The maximum Gasteiger partial charge on any atom is 0.341 e. The molecule has 3 fully saturated rings. The van der Waals surface area contributed by atoms with Crippen molar-refractivity contribution in [3.8, 4) is 17.0 Å². The van der Waals surface area contributed by atoms with Crippen molar-refractivity contribution in [1.82, 2.24) is 9.47 Å². The summed E-state index contributed by atoms with van der Waals surface area (Å²) in [5, 5.41) is 10.1. The normalized spacial score (nSPS) is 25.2. The summed E-state index contributed by atoms with van der Waals surface area (Å²) >= 11 is 6.66. The molecule has 2 saturated heterocycles. The molecule has 2 atom stereocenters. The monoisotopic (exact) mass is 498 g/mol. The number of hydrogen-bond acceptors (Lipinski definition) is 5. The Morgan fingerprint density at radius 1 is 1.26 bits per heavy atom. The highest BCUT2D eigenvalue weighted by atomic mass is 35.5. The van der Waals surface area contributed by atoms with Crippen molar-refractivity contribution < 1.29 is 19.4 Å². The van der Waals surface area contributed by atoms with Crippen molar-refractivity contribution in [3.05, 3.63) is 50.8 Å². The maximum atomic E-state index is 12.6. The third-order valence-corrected chi connectivity index (χ3v) is 8.78. The lowest BCUT2D eigenvalue weighted by Crippen LogP contribution is -2.65. The Labute approximate surface area is 209 Å². The number of nitrogens with zero attached hydrogens (tertiary/aromatic N) is 2. The van der Waals surface area contributed by atoms with Crippen LogP contribution in [0, 0.1) is 10.8 Å². The fourth-order valence-corrected chi connectivity index (χ4v) is 6.96. The minimum Gasteiger partial charge on any atom is -0.492 e. The molecule has 186 valence electrons. The topological polar surface area (TPSA) is 81.0 Å². The molecule has 3 aliphatic heterocycles. The SMILES string of the molecule is CC1(C)CC[C@@H]2c3cc(OCCCN4CC5(COC5)C4)c(Cl)cc3-c3cc(=O)c(C(=O)O)cn3[C@@H]21. The van der Waals surface area contributed by atoms with Gasteiger partial charge in [0.2, 0.25) is 0 Å². The van der Waals surface area contributed by atoms with Crippen LogP contribution in [0.2, 0.25) is 5.02 Å². The first-order valence-electron chi connectivity index (χ1n) is 12.4. The first-order valence-corrected chi connectivity index (χ1v) is 12.8. The molecule has 4 aliphatic rings. The molecule has 0 amide bonds. The number of hydrogen-bond donors (Lipinski definition) is 1. The highest BCUT2D eigenvalue weighted by molar-refractivity contribution is 6.32. The van der Waals surface area contributed by atoms with Crippen molar-refractivity contribution in [2.75, 3.05) is 39.5 Å². The summed E-state index contributed by atoms with van der Waals surface area (Å²) in [6, 6.07) is 5.46. The zero-order chi connectivity index (χ0) is 24.5. The van der Waals surface area contributed by atoms with E-state index in [9.17, 15) is 14.7 Å². The van der Waals surface area contributed by atoms with Gasteiger partial charge in [-0.2, -0.15) is 0 Å². The van der Waals surface area contributed by atoms with E-state index in [4.69, 9.17) is 21.1 Å². The first-order chi connectivity index (χ1) is 16.7. The number of carboxylic acid groups (broad SMARTS) is 1. The number of halogens is 1. The van der Waals surface area contributed by atoms with Crippen LogP contribution in [0.4, 0.5) is 0 Å². The smallest absolute Gasteiger partial charge is 0.341 e. The quantitative estimate of drug-likeness (QED) is 0.593.